The molecule has 1 aromatic rings. The summed E-state index contributed by atoms with van der Waals surface area (Å²) in [6, 6.07) is 1.03. The SMILES string of the molecule is N[C@@H](CNC(=O)c1cc(F)cc(F)c1)C(=O)O. The number of rotatable bonds is 4. The van der Waals surface area contributed by atoms with Gasteiger partial charge in [0.1, 0.15) is 17.7 Å². The summed E-state index contributed by atoms with van der Waals surface area (Å²) in [5.74, 6) is -3.86. The van der Waals surface area contributed by atoms with E-state index in [4.69, 9.17) is 10.8 Å². The lowest BCUT2D eigenvalue weighted by Crippen LogP contribution is -2.42. The fourth-order valence-corrected chi connectivity index (χ4v) is 1.08. The molecule has 0 unspecified atom stereocenters. The number of aliphatic carboxylic acids is 1. The Morgan fingerprint density at radius 2 is 1.82 bits per heavy atom. The summed E-state index contributed by atoms with van der Waals surface area (Å²) in [5.41, 5.74) is 4.90. The molecule has 92 valence electrons. The molecule has 17 heavy (non-hydrogen) atoms. The zero-order valence-corrected chi connectivity index (χ0v) is 8.61. The van der Waals surface area contributed by atoms with Crippen LogP contribution in [0.2, 0.25) is 0 Å². The molecule has 0 aromatic heterocycles. The van der Waals surface area contributed by atoms with E-state index < -0.39 is 29.6 Å². The van der Waals surface area contributed by atoms with Crippen molar-refractivity contribution in [3.05, 3.63) is 35.4 Å². The van der Waals surface area contributed by atoms with Crippen molar-refractivity contribution in [1.82, 2.24) is 5.32 Å². The summed E-state index contributed by atoms with van der Waals surface area (Å²) in [6.07, 6.45) is 0. The number of nitrogens with two attached hydrogens (primary N) is 1. The Morgan fingerprint density at radius 3 is 2.29 bits per heavy atom. The first kappa shape index (κ1) is 13.0. The van der Waals surface area contributed by atoms with Gasteiger partial charge >= 0.3 is 5.97 Å². The first-order valence-electron chi connectivity index (χ1n) is 4.63. The molecular formula is C10H10F2N2O3. The maximum absolute atomic E-state index is 12.8. The Morgan fingerprint density at radius 1 is 1.29 bits per heavy atom. The van der Waals surface area contributed by atoms with Gasteiger partial charge in [0.05, 0.1) is 0 Å². The van der Waals surface area contributed by atoms with E-state index in [0.29, 0.717) is 6.07 Å². The summed E-state index contributed by atoms with van der Waals surface area (Å²) in [6.45, 7) is -0.327. The van der Waals surface area contributed by atoms with E-state index in [1.807, 2.05) is 0 Å². The fourth-order valence-electron chi connectivity index (χ4n) is 1.08. The molecule has 0 spiro atoms. The van der Waals surface area contributed by atoms with Gasteiger partial charge in [-0.2, -0.15) is 0 Å². The molecule has 4 N–H and O–H groups in total. The number of nitrogens with one attached hydrogen (secondary N) is 1. The lowest BCUT2D eigenvalue weighted by atomic mass is 10.2. The summed E-state index contributed by atoms with van der Waals surface area (Å²) in [7, 11) is 0. The second-order valence-corrected chi connectivity index (χ2v) is 3.31. The number of amides is 1. The highest BCUT2D eigenvalue weighted by Gasteiger charge is 2.14. The molecule has 0 radical (unpaired) electrons. The van der Waals surface area contributed by atoms with Crippen molar-refractivity contribution in [3.63, 3.8) is 0 Å². The molecule has 1 amide bonds. The Labute approximate surface area is 95.2 Å². The predicted molar refractivity (Wildman–Crippen MR) is 54.3 cm³/mol. The van der Waals surface area contributed by atoms with E-state index in [9.17, 15) is 18.4 Å². The number of halogens is 2. The van der Waals surface area contributed by atoms with Crippen LogP contribution in [0.4, 0.5) is 8.78 Å². The van der Waals surface area contributed by atoms with Gasteiger partial charge in [0.15, 0.2) is 0 Å². The van der Waals surface area contributed by atoms with Crippen molar-refractivity contribution in [2.24, 2.45) is 5.73 Å². The number of carbonyl (C=O) groups excluding carboxylic acids is 1. The normalized spacial score (nSPS) is 11.9. The van der Waals surface area contributed by atoms with Crippen LogP contribution in [-0.4, -0.2) is 29.6 Å². The molecule has 0 aliphatic heterocycles. The maximum atomic E-state index is 12.8. The summed E-state index contributed by atoms with van der Waals surface area (Å²) in [5, 5.41) is 10.6. The molecule has 0 saturated carbocycles. The Bertz CT molecular complexity index is 431. The highest BCUT2D eigenvalue weighted by Crippen LogP contribution is 2.07. The molecule has 1 aromatic carbocycles. The molecule has 0 aliphatic carbocycles. The Balaban J connectivity index is 2.67. The monoisotopic (exact) mass is 244 g/mol. The Kier molecular flexibility index (Phi) is 4.11. The van der Waals surface area contributed by atoms with Gasteiger partial charge in [-0.15, -0.1) is 0 Å². The highest BCUT2D eigenvalue weighted by molar-refractivity contribution is 5.94. The van der Waals surface area contributed by atoms with Crippen LogP contribution in [-0.2, 0) is 4.79 Å². The van der Waals surface area contributed by atoms with Gasteiger partial charge in [-0.05, 0) is 12.1 Å². The van der Waals surface area contributed by atoms with E-state index in [1.54, 1.807) is 0 Å². The van der Waals surface area contributed by atoms with Crippen LogP contribution in [0.25, 0.3) is 0 Å². The fraction of sp³-hybridized carbons (Fsp3) is 0.200. The summed E-state index contributed by atoms with van der Waals surface area (Å²) >= 11 is 0. The average molecular weight is 244 g/mol. The van der Waals surface area contributed by atoms with E-state index in [0.717, 1.165) is 12.1 Å². The number of hydrogen-bond donors (Lipinski definition) is 3. The smallest absolute Gasteiger partial charge is 0.322 e. The molecule has 5 nitrogen and oxygen atoms in total. The van der Waals surface area contributed by atoms with E-state index in [1.165, 1.54) is 0 Å². The van der Waals surface area contributed by atoms with Crippen molar-refractivity contribution in [3.8, 4) is 0 Å². The molecule has 7 heteroatoms. The minimum Gasteiger partial charge on any atom is -0.480 e. The van der Waals surface area contributed by atoms with Crippen LogP contribution >= 0.6 is 0 Å². The van der Waals surface area contributed by atoms with Crippen LogP contribution in [0.1, 0.15) is 10.4 Å². The van der Waals surface area contributed by atoms with Crippen molar-refractivity contribution in [2.75, 3.05) is 6.54 Å². The highest BCUT2D eigenvalue weighted by atomic mass is 19.1. The third kappa shape index (κ3) is 3.80. The average Bonchev–Trinajstić information content (AvgIpc) is 2.23. The van der Waals surface area contributed by atoms with Gasteiger partial charge < -0.3 is 16.2 Å². The Hall–Kier alpha value is -2.02. The first-order valence-corrected chi connectivity index (χ1v) is 4.63. The minimum absolute atomic E-state index is 0.236. The molecule has 0 saturated heterocycles. The predicted octanol–water partition coefficient (Wildman–Crippen LogP) is 0.106. The van der Waals surface area contributed by atoms with Crippen molar-refractivity contribution < 1.29 is 23.5 Å². The lowest BCUT2D eigenvalue weighted by Gasteiger charge is -2.08. The molecule has 1 rings (SSSR count). The van der Waals surface area contributed by atoms with Gasteiger partial charge in [0, 0.05) is 18.2 Å². The van der Waals surface area contributed by atoms with Gasteiger partial charge in [-0.25, -0.2) is 8.78 Å². The molecule has 1 atom stereocenters. The molecule has 0 bridgehead atoms. The number of carboxylic acid groups (broad SMARTS) is 1. The number of carboxylic acids is 1. The standard InChI is InChI=1S/C10H10F2N2O3/c11-6-1-5(2-7(12)3-6)9(15)14-4-8(13)10(16)17/h1-3,8H,4,13H2,(H,14,15)(H,16,17)/t8-/m0/s1. The third-order valence-corrected chi connectivity index (χ3v) is 1.92. The number of benzene rings is 1. The van der Waals surface area contributed by atoms with Gasteiger partial charge in [0.25, 0.3) is 5.91 Å². The van der Waals surface area contributed by atoms with Crippen molar-refractivity contribution in [2.45, 2.75) is 6.04 Å². The molecular weight excluding hydrogens is 234 g/mol. The van der Waals surface area contributed by atoms with Crippen LogP contribution < -0.4 is 11.1 Å². The first-order chi connectivity index (χ1) is 7.90. The van der Waals surface area contributed by atoms with Crippen molar-refractivity contribution >= 4 is 11.9 Å². The zero-order chi connectivity index (χ0) is 13.0. The minimum atomic E-state index is -1.28. The summed E-state index contributed by atoms with van der Waals surface area (Å²) in [4.78, 5) is 21.7. The zero-order valence-electron chi connectivity index (χ0n) is 8.61. The van der Waals surface area contributed by atoms with Crippen molar-refractivity contribution in [1.29, 1.82) is 0 Å². The quantitative estimate of drug-likeness (QED) is 0.700. The topological polar surface area (TPSA) is 92.4 Å². The van der Waals surface area contributed by atoms with Gasteiger partial charge in [0.2, 0.25) is 0 Å². The molecule has 0 fully saturated rings. The van der Waals surface area contributed by atoms with Crippen LogP contribution in [0.15, 0.2) is 18.2 Å². The number of hydrogen-bond acceptors (Lipinski definition) is 3. The largest absolute Gasteiger partial charge is 0.480 e. The maximum Gasteiger partial charge on any atom is 0.322 e. The third-order valence-electron chi connectivity index (χ3n) is 1.92. The second kappa shape index (κ2) is 5.35. The van der Waals surface area contributed by atoms with Crippen LogP contribution in [0.5, 0.6) is 0 Å². The van der Waals surface area contributed by atoms with Crippen LogP contribution in [0, 0.1) is 11.6 Å². The van der Waals surface area contributed by atoms with Crippen LogP contribution in [0.3, 0.4) is 0 Å². The molecule has 0 heterocycles. The molecule has 0 aliphatic rings. The number of carbonyl (C=O) groups is 2. The summed E-state index contributed by atoms with van der Waals surface area (Å²) < 4.78 is 25.6. The lowest BCUT2D eigenvalue weighted by molar-refractivity contribution is -0.138. The van der Waals surface area contributed by atoms with E-state index in [-0.39, 0.29) is 12.1 Å². The van der Waals surface area contributed by atoms with Gasteiger partial charge in [-0.3, -0.25) is 9.59 Å². The second-order valence-electron chi connectivity index (χ2n) is 3.31. The van der Waals surface area contributed by atoms with E-state index >= 15 is 0 Å². The van der Waals surface area contributed by atoms with Gasteiger partial charge in [-0.1, -0.05) is 0 Å². The van der Waals surface area contributed by atoms with E-state index in [2.05, 4.69) is 5.32 Å².